The number of nitro groups is 2. The number of ether oxygens (including phenoxy) is 5. The third-order valence-electron chi connectivity index (χ3n) is 10.8. The van der Waals surface area contributed by atoms with Gasteiger partial charge in [0.05, 0.1) is 69.2 Å². The Kier molecular flexibility index (Phi) is 14.7. The normalized spacial score (nSPS) is 17.0. The van der Waals surface area contributed by atoms with Crippen LogP contribution in [-0.2, 0) is 14.0 Å². The van der Waals surface area contributed by atoms with E-state index in [1.807, 2.05) is 0 Å². The second-order valence-corrected chi connectivity index (χ2v) is 20.7. The molecule has 58 heavy (non-hydrogen) atoms. The van der Waals surface area contributed by atoms with E-state index in [-0.39, 0.29) is 77.9 Å². The van der Waals surface area contributed by atoms with Crippen LogP contribution in [0.5, 0.6) is 23.0 Å². The minimum absolute atomic E-state index is 0.0330. The van der Waals surface area contributed by atoms with Gasteiger partial charge in [-0.2, -0.15) is 0 Å². The number of nitro benzene ring substituents is 2. The SMILES string of the molecule is C=C1C[C@@H](CO[Si](C)(C)C(C)(C)C)N(C(=O)c2cc(OC)c(OCCCCCOc3cc([N+](=O)[O-])c(C(=O)N4CC(=C)C[C@H]4C(=O)OC)cc3OC)cc2[N+](=O)[O-])C1. The Morgan fingerprint density at radius 2 is 1.22 bits per heavy atom. The fraction of sp³-hybridized carbons (Fsp3) is 0.525. The number of nitrogens with zero attached hydrogens (tertiary/aromatic N) is 4. The van der Waals surface area contributed by atoms with Crippen LogP contribution >= 0.6 is 0 Å². The quantitative estimate of drug-likeness (QED) is 0.0376. The second-order valence-electron chi connectivity index (χ2n) is 15.9. The van der Waals surface area contributed by atoms with Gasteiger partial charge in [0.15, 0.2) is 31.3 Å². The van der Waals surface area contributed by atoms with Crippen molar-refractivity contribution < 1.29 is 52.3 Å². The molecule has 0 bridgehead atoms. The van der Waals surface area contributed by atoms with Crippen molar-refractivity contribution in [3.05, 3.63) is 79.9 Å². The van der Waals surface area contributed by atoms with Gasteiger partial charge in [0.1, 0.15) is 17.2 Å². The number of amides is 2. The summed E-state index contributed by atoms with van der Waals surface area (Å²) in [6.45, 7) is 19.5. The zero-order valence-electron chi connectivity index (χ0n) is 34.5. The van der Waals surface area contributed by atoms with Gasteiger partial charge in [-0.25, -0.2) is 4.79 Å². The lowest BCUT2D eigenvalue weighted by molar-refractivity contribution is -0.385. The number of likely N-dealkylation sites (tertiary alicyclic amines) is 2. The van der Waals surface area contributed by atoms with Crippen LogP contribution in [0.2, 0.25) is 18.1 Å². The third kappa shape index (κ3) is 10.3. The standard InChI is InChI=1S/C40H54N4O13Si/c1-25-16-27(24-57-58(9,10)40(3,4)5)41(22-25)37(45)28-18-33(52-6)35(20-30(28)43(48)49)55-14-12-11-13-15-56-36-21-31(44(50)51)29(19-34(36)53-7)38(46)42-23-26(2)17-32(42)39(47)54-8/h18-21,27,32H,1-2,11-17,22-24H2,3-10H3/t27-,32-/m0/s1. The van der Waals surface area contributed by atoms with E-state index in [4.69, 9.17) is 28.1 Å². The maximum absolute atomic E-state index is 13.9. The first-order chi connectivity index (χ1) is 27.2. The first-order valence-electron chi connectivity index (χ1n) is 18.9. The maximum Gasteiger partial charge on any atom is 0.328 e. The molecular formula is C40H54N4O13Si. The van der Waals surface area contributed by atoms with Crippen molar-refractivity contribution in [2.45, 2.75) is 83.1 Å². The molecule has 0 unspecified atom stereocenters. The molecule has 0 saturated carbocycles. The average Bonchev–Trinajstić information content (AvgIpc) is 3.76. The fourth-order valence-corrected chi connectivity index (χ4v) is 7.53. The topological polar surface area (TPSA) is 199 Å². The minimum Gasteiger partial charge on any atom is -0.493 e. The molecule has 0 aliphatic carbocycles. The van der Waals surface area contributed by atoms with Crippen molar-refractivity contribution in [2.24, 2.45) is 0 Å². The molecular weight excluding hydrogens is 773 g/mol. The molecule has 2 aliphatic heterocycles. The Hall–Kier alpha value is -5.49. The maximum atomic E-state index is 13.9. The van der Waals surface area contributed by atoms with Crippen molar-refractivity contribution >= 4 is 37.5 Å². The van der Waals surface area contributed by atoms with Crippen molar-refractivity contribution in [3.8, 4) is 23.0 Å². The summed E-state index contributed by atoms with van der Waals surface area (Å²) in [5.74, 6) is -1.51. The summed E-state index contributed by atoms with van der Waals surface area (Å²) in [5, 5.41) is 24.3. The zero-order chi connectivity index (χ0) is 43.1. The monoisotopic (exact) mass is 826 g/mol. The molecule has 2 saturated heterocycles. The van der Waals surface area contributed by atoms with Gasteiger partial charge in [0.2, 0.25) is 0 Å². The average molecular weight is 827 g/mol. The molecule has 0 aromatic heterocycles. The van der Waals surface area contributed by atoms with Gasteiger partial charge in [-0.3, -0.25) is 29.8 Å². The van der Waals surface area contributed by atoms with Crippen LogP contribution in [0.3, 0.4) is 0 Å². The highest BCUT2D eigenvalue weighted by atomic mass is 28.4. The molecule has 2 aliphatic rings. The molecule has 0 N–H and O–H groups in total. The van der Waals surface area contributed by atoms with E-state index in [2.05, 4.69) is 47.0 Å². The lowest BCUT2D eigenvalue weighted by Gasteiger charge is -2.38. The predicted octanol–water partition coefficient (Wildman–Crippen LogP) is 6.88. The van der Waals surface area contributed by atoms with Crippen molar-refractivity contribution in [3.63, 3.8) is 0 Å². The number of benzene rings is 2. The first kappa shape index (κ1) is 45.2. The highest BCUT2D eigenvalue weighted by Gasteiger charge is 2.42. The summed E-state index contributed by atoms with van der Waals surface area (Å²) in [4.78, 5) is 65.4. The number of hydrogen-bond acceptors (Lipinski definition) is 13. The Bertz CT molecular complexity index is 1940. The predicted molar refractivity (Wildman–Crippen MR) is 216 cm³/mol. The summed E-state index contributed by atoms with van der Waals surface area (Å²) in [6.07, 6.45) is 2.28. The number of carbonyl (C=O) groups excluding carboxylic acids is 3. The van der Waals surface area contributed by atoms with Gasteiger partial charge in [-0.1, -0.05) is 45.1 Å². The third-order valence-corrected chi connectivity index (χ3v) is 15.3. The van der Waals surface area contributed by atoms with E-state index >= 15 is 0 Å². The molecule has 4 rings (SSSR count). The molecule has 2 aromatic carbocycles. The summed E-state index contributed by atoms with van der Waals surface area (Å²) >= 11 is 0. The minimum atomic E-state index is -2.13. The summed E-state index contributed by atoms with van der Waals surface area (Å²) in [5.41, 5.74) is 0.104. The number of methoxy groups -OCH3 is 3. The van der Waals surface area contributed by atoms with Crippen molar-refractivity contribution in [1.82, 2.24) is 9.80 Å². The van der Waals surface area contributed by atoms with E-state index < -0.39 is 53.4 Å². The van der Waals surface area contributed by atoms with Crippen LogP contribution in [0.25, 0.3) is 0 Å². The van der Waals surface area contributed by atoms with Gasteiger partial charge in [-0.05, 0) is 43.8 Å². The number of carbonyl (C=O) groups is 3. The molecule has 2 amide bonds. The Balaban J connectivity index is 1.38. The Labute approximate surface area is 339 Å². The molecule has 2 heterocycles. The number of unbranched alkanes of at least 4 members (excludes halogenated alkanes) is 2. The first-order valence-corrected chi connectivity index (χ1v) is 21.8. The lowest BCUT2D eigenvalue weighted by atomic mass is 10.1. The Morgan fingerprint density at radius 1 is 0.759 bits per heavy atom. The zero-order valence-corrected chi connectivity index (χ0v) is 35.5. The largest absolute Gasteiger partial charge is 0.493 e. The molecule has 0 spiro atoms. The van der Waals surface area contributed by atoms with Crippen LogP contribution in [0.15, 0.2) is 48.6 Å². The van der Waals surface area contributed by atoms with Gasteiger partial charge < -0.3 is 37.9 Å². The fourth-order valence-electron chi connectivity index (χ4n) is 6.49. The van der Waals surface area contributed by atoms with Gasteiger partial charge >= 0.3 is 5.97 Å². The number of hydrogen-bond donors (Lipinski definition) is 0. The highest BCUT2D eigenvalue weighted by molar-refractivity contribution is 6.74. The summed E-state index contributed by atoms with van der Waals surface area (Å²) in [6, 6.07) is 3.59. The van der Waals surface area contributed by atoms with Crippen LogP contribution < -0.4 is 18.9 Å². The molecule has 17 nitrogen and oxygen atoms in total. The second kappa shape index (κ2) is 18.8. The van der Waals surface area contributed by atoms with E-state index in [0.717, 1.165) is 11.6 Å². The van der Waals surface area contributed by atoms with E-state index in [1.54, 1.807) is 4.90 Å². The smallest absolute Gasteiger partial charge is 0.328 e. The van der Waals surface area contributed by atoms with E-state index in [0.29, 0.717) is 37.9 Å². The molecule has 2 aromatic rings. The summed E-state index contributed by atoms with van der Waals surface area (Å²) in [7, 11) is 1.79. The number of esters is 1. The van der Waals surface area contributed by atoms with Crippen LogP contribution in [-0.4, -0.2) is 112 Å². The van der Waals surface area contributed by atoms with Crippen LogP contribution in [0.4, 0.5) is 11.4 Å². The van der Waals surface area contributed by atoms with Crippen LogP contribution in [0.1, 0.15) is 73.6 Å². The van der Waals surface area contributed by atoms with Gasteiger partial charge in [-0.15, -0.1) is 0 Å². The van der Waals surface area contributed by atoms with Gasteiger partial charge in [0.25, 0.3) is 23.2 Å². The summed E-state index contributed by atoms with van der Waals surface area (Å²) < 4.78 is 33.8. The van der Waals surface area contributed by atoms with Crippen molar-refractivity contribution in [1.29, 1.82) is 0 Å². The van der Waals surface area contributed by atoms with Crippen LogP contribution in [0, 0.1) is 20.2 Å². The van der Waals surface area contributed by atoms with Gasteiger partial charge in [0, 0.05) is 31.6 Å². The molecule has 18 heteroatoms. The molecule has 0 radical (unpaired) electrons. The Morgan fingerprint density at radius 3 is 1.67 bits per heavy atom. The lowest BCUT2D eigenvalue weighted by Crippen LogP contribution is -2.46. The van der Waals surface area contributed by atoms with E-state index in [9.17, 15) is 34.6 Å². The highest BCUT2D eigenvalue weighted by Crippen LogP contribution is 2.40. The molecule has 316 valence electrons. The van der Waals surface area contributed by atoms with E-state index in [1.165, 1.54) is 44.4 Å². The number of rotatable bonds is 18. The molecule has 2 fully saturated rings. The molecule has 2 atom stereocenters. The van der Waals surface area contributed by atoms with Crippen molar-refractivity contribution in [2.75, 3.05) is 54.2 Å².